The number of aryl methyl sites for hydroxylation is 1. The summed E-state index contributed by atoms with van der Waals surface area (Å²) in [5.41, 5.74) is 14.2. The predicted octanol–water partition coefficient (Wildman–Crippen LogP) is 6.61. The number of nitrogens with one attached hydrogen (secondary N) is 2. The lowest BCUT2D eigenvalue weighted by Gasteiger charge is -2.23. The minimum atomic E-state index is -0.0656. The molecule has 1 aliphatic rings. The summed E-state index contributed by atoms with van der Waals surface area (Å²) in [7, 11) is 4.00. The van der Waals surface area contributed by atoms with E-state index in [9.17, 15) is 4.79 Å². The van der Waals surface area contributed by atoms with Gasteiger partial charge in [-0.15, -0.1) is 0 Å². The second kappa shape index (κ2) is 13.8. The van der Waals surface area contributed by atoms with Gasteiger partial charge in [-0.05, 0) is 72.5 Å². The molecule has 0 atom stereocenters. The Kier molecular flexibility index (Phi) is 9.74. The number of hydrogen-bond acceptors (Lipinski definition) is 5. The first kappa shape index (κ1) is 30.3. The van der Waals surface area contributed by atoms with E-state index in [1.807, 2.05) is 36.4 Å². The highest BCUT2D eigenvalue weighted by Gasteiger charge is 2.22. The van der Waals surface area contributed by atoms with Crippen molar-refractivity contribution >= 4 is 53.4 Å². The Balaban J connectivity index is 0.00000180. The molecule has 1 fully saturated rings. The van der Waals surface area contributed by atoms with Gasteiger partial charge in [-0.2, -0.15) is 0 Å². The summed E-state index contributed by atoms with van der Waals surface area (Å²) in [6, 6.07) is 28.5. The number of carbonyl (C=O) groups excluding carboxylic acids is 1. The van der Waals surface area contributed by atoms with Crippen LogP contribution in [-0.4, -0.2) is 30.3 Å². The highest BCUT2D eigenvalue weighted by Crippen LogP contribution is 2.32. The lowest BCUT2D eigenvalue weighted by molar-refractivity contribution is 0.0919. The maximum absolute atomic E-state index is 13.7. The number of rotatable bonds is 8. The fourth-order valence-corrected chi connectivity index (χ4v) is 6.22. The van der Waals surface area contributed by atoms with Gasteiger partial charge >= 0.3 is 0 Å². The number of hydrogen-bond donors (Lipinski definition) is 4. The molecular weight excluding hydrogens is 553 g/mol. The Bertz CT molecular complexity index is 1750. The molecule has 0 spiro atoms. The molecule has 218 valence electrons. The SMILES string of the molecule is Cc1ccc(SOc2cc(Cn3c(C(=O)NC4CCCCC4)cc4ccc(C(=N)N)cc43)c3ccccc3c2)cc1.[B]N. The zero-order valence-corrected chi connectivity index (χ0v) is 25.1. The average molecular weight is 590 g/mol. The van der Waals surface area contributed by atoms with Gasteiger partial charge in [0.1, 0.15) is 17.3 Å². The van der Waals surface area contributed by atoms with Crippen molar-refractivity contribution in [2.45, 2.75) is 56.5 Å². The summed E-state index contributed by atoms with van der Waals surface area (Å²) in [4.78, 5) is 14.7. The fourth-order valence-electron chi connectivity index (χ4n) is 5.69. The van der Waals surface area contributed by atoms with Gasteiger partial charge in [-0.1, -0.05) is 73.4 Å². The van der Waals surface area contributed by atoms with Crippen molar-refractivity contribution in [1.29, 1.82) is 5.41 Å². The van der Waals surface area contributed by atoms with Crippen LogP contribution in [0.1, 0.15) is 59.3 Å². The van der Waals surface area contributed by atoms with Crippen LogP contribution >= 0.6 is 12.0 Å². The van der Waals surface area contributed by atoms with E-state index in [-0.39, 0.29) is 17.8 Å². The molecular formula is C34H36BN5O2S. The third kappa shape index (κ3) is 7.06. The molecule has 4 aromatic carbocycles. The van der Waals surface area contributed by atoms with Gasteiger partial charge < -0.3 is 25.4 Å². The number of benzene rings is 4. The van der Waals surface area contributed by atoms with Crippen molar-refractivity contribution in [3.63, 3.8) is 0 Å². The summed E-state index contributed by atoms with van der Waals surface area (Å²) >= 11 is 1.33. The fraction of sp³-hybridized carbons (Fsp3) is 0.235. The molecule has 6 N–H and O–H groups in total. The zero-order valence-electron chi connectivity index (χ0n) is 24.3. The molecule has 9 heteroatoms. The molecule has 0 aliphatic heterocycles. The number of amidine groups is 1. The van der Waals surface area contributed by atoms with Gasteiger partial charge in [-0.3, -0.25) is 10.2 Å². The van der Waals surface area contributed by atoms with Crippen LogP contribution in [0.15, 0.2) is 89.8 Å². The predicted molar refractivity (Wildman–Crippen MR) is 178 cm³/mol. The molecule has 0 saturated heterocycles. The first-order valence-electron chi connectivity index (χ1n) is 14.5. The highest BCUT2D eigenvalue weighted by molar-refractivity contribution is 7.95. The van der Waals surface area contributed by atoms with Gasteiger partial charge in [0.25, 0.3) is 5.91 Å². The molecule has 7 nitrogen and oxygen atoms in total. The highest BCUT2D eigenvalue weighted by atomic mass is 32.2. The van der Waals surface area contributed by atoms with E-state index < -0.39 is 0 Å². The van der Waals surface area contributed by atoms with E-state index in [0.717, 1.165) is 63.6 Å². The smallest absolute Gasteiger partial charge is 0.268 e. The van der Waals surface area contributed by atoms with Crippen LogP contribution in [0.25, 0.3) is 21.7 Å². The second-order valence-corrected chi connectivity index (χ2v) is 11.7. The normalized spacial score (nSPS) is 13.3. The first-order chi connectivity index (χ1) is 20.9. The average Bonchev–Trinajstić information content (AvgIpc) is 3.40. The number of amides is 1. The summed E-state index contributed by atoms with van der Waals surface area (Å²) in [6.07, 6.45) is 5.56. The Morgan fingerprint density at radius 3 is 2.47 bits per heavy atom. The molecule has 0 unspecified atom stereocenters. The Hall–Kier alpha value is -4.21. The van der Waals surface area contributed by atoms with Crippen molar-refractivity contribution in [1.82, 2.24) is 9.88 Å². The third-order valence-electron chi connectivity index (χ3n) is 7.89. The monoisotopic (exact) mass is 589 g/mol. The van der Waals surface area contributed by atoms with Crippen LogP contribution in [0.3, 0.4) is 0 Å². The van der Waals surface area contributed by atoms with Crippen LogP contribution < -0.4 is 20.9 Å². The molecule has 6 rings (SSSR count). The van der Waals surface area contributed by atoms with Crippen molar-refractivity contribution < 1.29 is 8.98 Å². The maximum Gasteiger partial charge on any atom is 0.268 e. The van der Waals surface area contributed by atoms with Gasteiger partial charge in [0.05, 0.1) is 12.0 Å². The van der Waals surface area contributed by atoms with Gasteiger partial charge in [-0.25, -0.2) is 0 Å². The molecule has 1 aliphatic carbocycles. The van der Waals surface area contributed by atoms with E-state index >= 15 is 0 Å². The maximum atomic E-state index is 13.7. The Morgan fingerprint density at radius 1 is 0.977 bits per heavy atom. The van der Waals surface area contributed by atoms with E-state index in [2.05, 4.69) is 79.0 Å². The molecule has 0 bridgehead atoms. The minimum absolute atomic E-state index is 0.00170. The van der Waals surface area contributed by atoms with E-state index in [1.165, 1.54) is 24.0 Å². The Labute approximate surface area is 258 Å². The van der Waals surface area contributed by atoms with Crippen LogP contribution in [0.5, 0.6) is 5.75 Å². The topological polar surface area (TPSA) is 119 Å². The summed E-state index contributed by atoms with van der Waals surface area (Å²) < 4.78 is 8.25. The van der Waals surface area contributed by atoms with Crippen molar-refractivity contribution in [3.8, 4) is 5.75 Å². The number of nitrogens with two attached hydrogens (primary N) is 2. The summed E-state index contributed by atoms with van der Waals surface area (Å²) in [5, 5.41) is 14.4. The second-order valence-electron chi connectivity index (χ2n) is 10.9. The van der Waals surface area contributed by atoms with Gasteiger partial charge in [0, 0.05) is 33.9 Å². The zero-order chi connectivity index (χ0) is 30.3. The number of nitrogens with zero attached hydrogens (tertiary/aromatic N) is 1. The van der Waals surface area contributed by atoms with Gasteiger partial charge in [0.15, 0.2) is 7.98 Å². The number of fused-ring (bicyclic) bond motifs is 2. The summed E-state index contributed by atoms with van der Waals surface area (Å²) in [5.74, 6) is 0.685. The lowest BCUT2D eigenvalue weighted by atomic mass is 9.95. The molecule has 2 radical (unpaired) electrons. The third-order valence-corrected chi connectivity index (χ3v) is 8.63. The van der Waals surface area contributed by atoms with E-state index in [1.54, 1.807) is 0 Å². The van der Waals surface area contributed by atoms with E-state index in [0.29, 0.717) is 17.8 Å². The Morgan fingerprint density at radius 2 is 1.72 bits per heavy atom. The first-order valence-corrected chi connectivity index (χ1v) is 15.2. The van der Waals surface area contributed by atoms with Gasteiger partial charge in [0.2, 0.25) is 0 Å². The van der Waals surface area contributed by atoms with Crippen LogP contribution in [-0.2, 0) is 6.54 Å². The van der Waals surface area contributed by atoms with Crippen LogP contribution in [0.4, 0.5) is 0 Å². The van der Waals surface area contributed by atoms with Crippen LogP contribution in [0.2, 0.25) is 0 Å². The quantitative estimate of drug-likeness (QED) is 0.0703. The molecule has 5 aromatic rings. The number of carbonyl (C=O) groups is 1. The van der Waals surface area contributed by atoms with E-state index in [4.69, 9.17) is 15.3 Å². The van der Waals surface area contributed by atoms with Crippen molar-refractivity contribution in [2.75, 3.05) is 0 Å². The number of aromatic nitrogens is 1. The van der Waals surface area contributed by atoms with Crippen LogP contribution in [0, 0.1) is 12.3 Å². The van der Waals surface area contributed by atoms with Crippen molar-refractivity contribution in [3.05, 3.63) is 107 Å². The molecule has 1 heterocycles. The number of nitrogen functional groups attached to an aromatic ring is 1. The lowest BCUT2D eigenvalue weighted by Crippen LogP contribution is -2.37. The van der Waals surface area contributed by atoms with Crippen molar-refractivity contribution in [2.24, 2.45) is 11.4 Å². The standard InChI is InChI=1S/C34H34N4O2S.BH2N/c1-22-11-15-29(16-12-22)41-40-28-17-23-7-5-6-10-30(23)26(18-28)21-38-31-20-25(33(35)36)14-13-24(31)19-32(38)34(39)37-27-8-3-2-4-9-27;1-2/h5-7,10-20,27H,2-4,8-9,21H2,1H3,(H3,35,36)(H,37,39);2H2. The summed E-state index contributed by atoms with van der Waals surface area (Å²) in [6.45, 7) is 2.53. The minimum Gasteiger partial charge on any atom is -0.421 e. The molecule has 43 heavy (non-hydrogen) atoms. The molecule has 1 aromatic heterocycles. The molecule has 1 saturated carbocycles. The largest absolute Gasteiger partial charge is 0.421 e. The molecule has 1 amide bonds.